The predicted molar refractivity (Wildman–Crippen MR) is 56.9 cm³/mol. The van der Waals surface area contributed by atoms with Gasteiger partial charge in [0.1, 0.15) is 12.4 Å². The van der Waals surface area contributed by atoms with Gasteiger partial charge in [-0.15, -0.1) is 0 Å². The average molecular weight is 230 g/mol. The highest BCUT2D eigenvalue weighted by atomic mass is 35.5. The van der Waals surface area contributed by atoms with E-state index in [0.29, 0.717) is 22.4 Å². The van der Waals surface area contributed by atoms with Crippen molar-refractivity contribution in [3.05, 3.63) is 34.3 Å². The molecule has 2 unspecified atom stereocenters. The molecule has 0 saturated carbocycles. The third kappa shape index (κ3) is 3.00. The van der Waals surface area contributed by atoms with Gasteiger partial charge in [-0.25, -0.2) is 0 Å². The van der Waals surface area contributed by atoms with Crippen molar-refractivity contribution >= 4 is 17.9 Å². The summed E-state index contributed by atoms with van der Waals surface area (Å²) in [5.41, 5.74) is 5.93. The lowest BCUT2D eigenvalue weighted by Crippen LogP contribution is -2.27. The largest absolute Gasteiger partial charge is 0.389 e. The molecule has 0 heterocycles. The fraction of sp³-hybridized carbons (Fsp3) is 0.300. The van der Waals surface area contributed by atoms with Crippen molar-refractivity contribution in [1.82, 2.24) is 0 Å². The Morgan fingerprint density at radius 3 is 2.60 bits per heavy atom. The zero-order valence-electron chi connectivity index (χ0n) is 7.93. The van der Waals surface area contributed by atoms with Gasteiger partial charge in [-0.1, -0.05) is 11.6 Å². The van der Waals surface area contributed by atoms with E-state index in [9.17, 15) is 15.0 Å². The molecule has 5 heteroatoms. The van der Waals surface area contributed by atoms with E-state index >= 15 is 0 Å². The molecule has 1 aromatic carbocycles. The average Bonchev–Trinajstić information content (AvgIpc) is 2.26. The molecule has 0 amide bonds. The molecule has 0 fully saturated rings. The third-order valence-electron chi connectivity index (χ3n) is 2.03. The smallest absolute Gasteiger partial charge is 0.150 e. The van der Waals surface area contributed by atoms with E-state index < -0.39 is 12.2 Å². The Bertz CT molecular complexity index is 357. The zero-order chi connectivity index (χ0) is 11.4. The first kappa shape index (κ1) is 12.1. The van der Waals surface area contributed by atoms with Crippen LogP contribution < -0.4 is 5.73 Å². The van der Waals surface area contributed by atoms with Gasteiger partial charge in [0, 0.05) is 17.1 Å². The highest BCUT2D eigenvalue weighted by Crippen LogP contribution is 2.22. The summed E-state index contributed by atoms with van der Waals surface area (Å²) in [5.74, 6) is 0. The van der Waals surface area contributed by atoms with Gasteiger partial charge in [0.15, 0.2) is 0 Å². The van der Waals surface area contributed by atoms with Crippen LogP contribution in [0.3, 0.4) is 0 Å². The molecule has 0 aromatic heterocycles. The highest BCUT2D eigenvalue weighted by Gasteiger charge is 2.17. The van der Waals surface area contributed by atoms with Gasteiger partial charge in [-0.2, -0.15) is 0 Å². The number of benzene rings is 1. The summed E-state index contributed by atoms with van der Waals surface area (Å²) in [6, 6.07) is 4.42. The first-order valence-corrected chi connectivity index (χ1v) is 4.78. The molecular weight excluding hydrogens is 218 g/mol. The van der Waals surface area contributed by atoms with Gasteiger partial charge in [0.2, 0.25) is 0 Å². The SMILES string of the molecule is NCC(O)C(O)c1cc(Cl)cc(C=O)c1. The molecule has 82 valence electrons. The fourth-order valence-corrected chi connectivity index (χ4v) is 1.48. The summed E-state index contributed by atoms with van der Waals surface area (Å²) in [7, 11) is 0. The van der Waals surface area contributed by atoms with Crippen LogP contribution in [-0.2, 0) is 0 Å². The van der Waals surface area contributed by atoms with E-state index in [0.717, 1.165) is 0 Å². The number of aliphatic hydroxyl groups is 2. The summed E-state index contributed by atoms with van der Waals surface area (Å²) in [5, 5.41) is 19.3. The van der Waals surface area contributed by atoms with Crippen molar-refractivity contribution < 1.29 is 15.0 Å². The van der Waals surface area contributed by atoms with Crippen LogP contribution in [0.4, 0.5) is 0 Å². The molecule has 2 atom stereocenters. The van der Waals surface area contributed by atoms with Gasteiger partial charge < -0.3 is 15.9 Å². The number of hydrogen-bond donors (Lipinski definition) is 3. The number of carbonyl (C=O) groups is 1. The van der Waals surface area contributed by atoms with Gasteiger partial charge in [0.05, 0.1) is 6.10 Å². The predicted octanol–water partition coefficient (Wildman–Crippen LogP) is 0.506. The molecule has 15 heavy (non-hydrogen) atoms. The van der Waals surface area contributed by atoms with Crippen LogP contribution in [0.5, 0.6) is 0 Å². The van der Waals surface area contributed by atoms with Crippen molar-refractivity contribution in [2.75, 3.05) is 6.54 Å². The number of hydrogen-bond acceptors (Lipinski definition) is 4. The van der Waals surface area contributed by atoms with Crippen LogP contribution in [0, 0.1) is 0 Å². The topological polar surface area (TPSA) is 83.6 Å². The molecule has 0 aliphatic heterocycles. The van der Waals surface area contributed by atoms with Crippen molar-refractivity contribution in [1.29, 1.82) is 0 Å². The number of halogens is 1. The lowest BCUT2D eigenvalue weighted by Gasteiger charge is -2.16. The number of aldehydes is 1. The second-order valence-electron chi connectivity index (χ2n) is 3.18. The van der Waals surface area contributed by atoms with Gasteiger partial charge >= 0.3 is 0 Å². The molecule has 0 aliphatic carbocycles. The van der Waals surface area contributed by atoms with E-state index in [2.05, 4.69) is 0 Å². The maximum absolute atomic E-state index is 10.5. The zero-order valence-corrected chi connectivity index (χ0v) is 8.69. The molecule has 4 N–H and O–H groups in total. The maximum Gasteiger partial charge on any atom is 0.150 e. The van der Waals surface area contributed by atoms with Crippen molar-refractivity contribution in [3.63, 3.8) is 0 Å². The van der Waals surface area contributed by atoms with Crippen LogP contribution in [0.25, 0.3) is 0 Å². The molecule has 0 bridgehead atoms. The Labute approximate surface area is 92.3 Å². The molecular formula is C10H12ClNO3. The molecule has 0 aliphatic rings. The Hall–Kier alpha value is -0.940. The Kier molecular flexibility index (Phi) is 4.23. The van der Waals surface area contributed by atoms with Gasteiger partial charge in [-0.05, 0) is 23.8 Å². The number of carbonyl (C=O) groups excluding carboxylic acids is 1. The summed E-state index contributed by atoms with van der Waals surface area (Å²) in [6.45, 7) is -0.0654. The van der Waals surface area contributed by atoms with Crippen LogP contribution in [-0.4, -0.2) is 29.1 Å². The Morgan fingerprint density at radius 2 is 2.07 bits per heavy atom. The van der Waals surface area contributed by atoms with E-state index in [1.807, 2.05) is 0 Å². The van der Waals surface area contributed by atoms with Crippen molar-refractivity contribution in [2.45, 2.75) is 12.2 Å². The van der Waals surface area contributed by atoms with E-state index in [-0.39, 0.29) is 6.54 Å². The third-order valence-corrected chi connectivity index (χ3v) is 2.24. The van der Waals surface area contributed by atoms with E-state index in [4.69, 9.17) is 17.3 Å². The monoisotopic (exact) mass is 229 g/mol. The molecule has 0 radical (unpaired) electrons. The quantitative estimate of drug-likeness (QED) is 0.657. The van der Waals surface area contributed by atoms with Gasteiger partial charge in [0.25, 0.3) is 0 Å². The number of rotatable bonds is 4. The van der Waals surface area contributed by atoms with Crippen LogP contribution >= 0.6 is 11.6 Å². The molecule has 0 spiro atoms. The van der Waals surface area contributed by atoms with Crippen LogP contribution in [0.15, 0.2) is 18.2 Å². The van der Waals surface area contributed by atoms with Crippen molar-refractivity contribution in [2.24, 2.45) is 5.73 Å². The second kappa shape index (κ2) is 5.23. The molecule has 0 saturated heterocycles. The summed E-state index contributed by atoms with van der Waals surface area (Å²) in [4.78, 5) is 10.5. The molecule has 1 rings (SSSR count). The maximum atomic E-state index is 10.5. The standard InChI is InChI=1S/C10H12ClNO3/c11-8-2-6(5-13)1-7(3-8)10(15)9(14)4-12/h1-3,5,9-10,14-15H,4,12H2. The normalized spacial score (nSPS) is 14.7. The molecule has 1 aromatic rings. The number of aliphatic hydroxyl groups excluding tert-OH is 2. The molecule has 4 nitrogen and oxygen atoms in total. The minimum Gasteiger partial charge on any atom is -0.389 e. The summed E-state index contributed by atoms with van der Waals surface area (Å²) in [6.07, 6.45) is -1.58. The Balaban J connectivity index is 3.02. The number of nitrogens with two attached hydrogens (primary N) is 1. The lowest BCUT2D eigenvalue weighted by atomic mass is 10.0. The van der Waals surface area contributed by atoms with Crippen LogP contribution in [0.1, 0.15) is 22.0 Å². The Morgan fingerprint density at radius 1 is 1.40 bits per heavy atom. The first-order chi connectivity index (χ1) is 7.08. The van der Waals surface area contributed by atoms with Crippen LogP contribution in [0.2, 0.25) is 5.02 Å². The van der Waals surface area contributed by atoms with E-state index in [1.54, 1.807) is 0 Å². The summed E-state index contributed by atoms with van der Waals surface area (Å²) < 4.78 is 0. The lowest BCUT2D eigenvalue weighted by molar-refractivity contribution is 0.0243. The minimum atomic E-state index is -1.13. The van der Waals surface area contributed by atoms with E-state index in [1.165, 1.54) is 18.2 Å². The first-order valence-electron chi connectivity index (χ1n) is 4.40. The van der Waals surface area contributed by atoms with Crippen molar-refractivity contribution in [3.8, 4) is 0 Å². The summed E-state index contributed by atoms with van der Waals surface area (Å²) >= 11 is 5.74. The fourth-order valence-electron chi connectivity index (χ4n) is 1.23. The second-order valence-corrected chi connectivity index (χ2v) is 3.62. The van der Waals surface area contributed by atoms with Gasteiger partial charge in [-0.3, -0.25) is 4.79 Å². The highest BCUT2D eigenvalue weighted by molar-refractivity contribution is 6.30. The minimum absolute atomic E-state index is 0.0654.